The lowest BCUT2D eigenvalue weighted by atomic mass is 9.74. The van der Waals surface area contributed by atoms with Gasteiger partial charge in [0.1, 0.15) is 29.3 Å². The summed E-state index contributed by atoms with van der Waals surface area (Å²) < 4.78 is 25.6. The number of para-hydroxylation sites is 1. The zero-order valence-electron chi connectivity index (χ0n) is 37.5. The molecule has 68 heavy (non-hydrogen) atoms. The molecule has 7 aromatic rings. The number of amides is 2. The fourth-order valence-electron chi connectivity index (χ4n) is 8.98. The van der Waals surface area contributed by atoms with Crippen molar-refractivity contribution in [2.24, 2.45) is 0 Å². The van der Waals surface area contributed by atoms with Crippen molar-refractivity contribution in [2.45, 2.75) is 56.6 Å². The van der Waals surface area contributed by atoms with Crippen molar-refractivity contribution in [3.63, 3.8) is 0 Å². The van der Waals surface area contributed by atoms with Gasteiger partial charge < -0.3 is 45.0 Å². The van der Waals surface area contributed by atoms with Gasteiger partial charge in [-0.3, -0.25) is 9.59 Å². The molecule has 4 aromatic carbocycles. The first-order valence-electron chi connectivity index (χ1n) is 23.0. The topological polar surface area (TPSA) is 209 Å². The first-order valence-corrected chi connectivity index (χ1v) is 23.3. The number of ether oxygens (including phenoxy) is 4. The Hall–Kier alpha value is -6.85. The van der Waals surface area contributed by atoms with E-state index in [1.807, 2.05) is 88.4 Å². The highest BCUT2D eigenvalue weighted by molar-refractivity contribution is 6.34. The summed E-state index contributed by atoms with van der Waals surface area (Å²) in [6.45, 7) is 2.97. The van der Waals surface area contributed by atoms with Crippen molar-refractivity contribution in [1.82, 2.24) is 34.9 Å². The number of aromatic amines is 1. The number of nitrogens with zero attached hydrogens (tertiary/aromatic N) is 5. The Morgan fingerprint density at radius 2 is 1.60 bits per heavy atom. The summed E-state index contributed by atoms with van der Waals surface area (Å²) in [7, 11) is 0. The van der Waals surface area contributed by atoms with E-state index in [1.165, 1.54) is 12.5 Å². The predicted octanol–water partition coefficient (Wildman–Crippen LogP) is 8.56. The normalized spacial score (nSPS) is 15.6. The quantitative estimate of drug-likeness (QED) is 0.0530. The molecule has 1 aliphatic heterocycles. The number of halogens is 1. The molecule has 0 bridgehead atoms. The summed E-state index contributed by atoms with van der Waals surface area (Å²) in [6, 6.07) is 28.7. The molecule has 2 aliphatic rings. The summed E-state index contributed by atoms with van der Waals surface area (Å²) >= 11 is 6.60. The molecule has 1 saturated heterocycles. The van der Waals surface area contributed by atoms with Crippen LogP contribution in [0, 0.1) is 0 Å². The predicted molar refractivity (Wildman–Crippen MR) is 258 cm³/mol. The van der Waals surface area contributed by atoms with Crippen LogP contribution < -0.4 is 15.8 Å². The number of anilines is 1. The molecule has 0 radical (unpaired) electrons. The smallest absolute Gasteiger partial charge is 0.337 e. The van der Waals surface area contributed by atoms with E-state index in [0.29, 0.717) is 83.7 Å². The number of aromatic nitrogens is 5. The fraction of sp³-hybridized carbons (Fsp3) is 0.333. The third-order valence-corrected chi connectivity index (χ3v) is 13.0. The summed E-state index contributed by atoms with van der Waals surface area (Å²) in [4.78, 5) is 51.2. The first-order chi connectivity index (χ1) is 33.2. The van der Waals surface area contributed by atoms with Crippen molar-refractivity contribution >= 4 is 57.1 Å². The average molecular weight is 941 g/mol. The van der Waals surface area contributed by atoms with Gasteiger partial charge in [-0.15, -0.1) is 0 Å². The highest BCUT2D eigenvalue weighted by atomic mass is 35.5. The maximum absolute atomic E-state index is 13.3. The molecule has 9 rings (SSSR count). The number of rotatable bonds is 20. The highest BCUT2D eigenvalue weighted by Gasteiger charge is 2.40. The first kappa shape index (κ1) is 46.3. The van der Waals surface area contributed by atoms with Gasteiger partial charge in [0, 0.05) is 54.3 Å². The van der Waals surface area contributed by atoms with E-state index in [0.717, 1.165) is 60.1 Å². The van der Waals surface area contributed by atoms with Crippen LogP contribution in [-0.2, 0) is 29.4 Å². The summed E-state index contributed by atoms with van der Waals surface area (Å²) in [5, 5.41) is 19.3. The number of nitrogens with one attached hydrogen (secondary N) is 2. The number of nitrogen functional groups attached to an aromatic ring is 1. The zero-order chi connectivity index (χ0) is 47.0. The molecule has 1 saturated carbocycles. The van der Waals surface area contributed by atoms with Crippen molar-refractivity contribution in [3.8, 4) is 33.9 Å². The Morgan fingerprint density at radius 1 is 0.868 bits per heavy atom. The third-order valence-electron chi connectivity index (χ3n) is 12.7. The Kier molecular flexibility index (Phi) is 14.3. The number of aromatic carboxylic acids is 1. The molecule has 352 valence electrons. The number of carboxylic acid groups (broad SMARTS) is 1. The number of nitrogens with two attached hydrogens (primary N) is 1. The molecule has 2 fully saturated rings. The molecule has 16 nitrogen and oxygen atoms in total. The zero-order valence-corrected chi connectivity index (χ0v) is 38.3. The van der Waals surface area contributed by atoms with Crippen LogP contribution in [-0.4, -0.2) is 105 Å². The number of piperidine rings is 1. The number of carboxylic acids is 1. The molecule has 1 aliphatic carbocycles. The minimum Gasteiger partial charge on any atom is -0.478 e. The second-order valence-corrected chi connectivity index (χ2v) is 17.5. The van der Waals surface area contributed by atoms with Gasteiger partial charge in [0.25, 0.3) is 0 Å². The molecule has 0 unspecified atom stereocenters. The average Bonchev–Trinajstić information content (AvgIpc) is 3.95. The number of likely N-dealkylation sites (tertiary alicyclic amines) is 1. The molecule has 5 N–H and O–H groups in total. The Labute approximate surface area is 397 Å². The van der Waals surface area contributed by atoms with Crippen LogP contribution in [0.15, 0.2) is 104 Å². The maximum Gasteiger partial charge on any atom is 0.337 e. The number of carbonyl (C=O) groups excluding carboxylic acids is 2. The SMILES string of the molecule is Nc1ncnc2c1c(-c1ccc(Oc3ccccc3)cc1)nn2[C@@H]1CCCN(C(=O)CCOCCOCCC(=O)NCCOC2(c3ccc(-c4cc5c(C(=O)O)c[nH]c5cc4Cl)cc3)CCC2)C1. The van der Waals surface area contributed by atoms with Gasteiger partial charge in [-0.05, 0) is 91.8 Å². The van der Waals surface area contributed by atoms with Gasteiger partial charge in [-0.2, -0.15) is 5.10 Å². The molecule has 17 heteroatoms. The second-order valence-electron chi connectivity index (χ2n) is 17.1. The monoisotopic (exact) mass is 940 g/mol. The van der Waals surface area contributed by atoms with Gasteiger partial charge >= 0.3 is 5.97 Å². The van der Waals surface area contributed by atoms with Crippen LogP contribution in [0.3, 0.4) is 0 Å². The van der Waals surface area contributed by atoms with Crippen LogP contribution in [0.4, 0.5) is 5.82 Å². The number of benzene rings is 4. The van der Waals surface area contributed by atoms with Crippen LogP contribution in [0.1, 0.15) is 66.9 Å². The standard InChI is InChI=1S/C51H53ClN8O8/c52-42-29-43-40(41(30-55-43)50(63)64)28-39(42)33-9-13-35(14-10-33)51(19-5-20-51)67-25-21-54-44(61)17-23-65-26-27-66-24-18-45(62)59-22-4-6-36(31-59)60-49-46(48(53)56-32-57-49)47(58-60)34-11-15-38(16-12-34)68-37-7-2-1-3-8-37/h1-3,7-16,28-30,32,36,55H,4-6,17-27,31H2,(H,54,61)(H,63,64)(H2,53,56,57)/t36-/m1/s1. The van der Waals surface area contributed by atoms with Gasteiger partial charge in [0.05, 0.1) is 67.1 Å². The Balaban J connectivity index is 0.668. The molecule has 3 aromatic heterocycles. The van der Waals surface area contributed by atoms with E-state index in [9.17, 15) is 19.5 Å². The van der Waals surface area contributed by atoms with E-state index < -0.39 is 11.6 Å². The molecule has 0 spiro atoms. The van der Waals surface area contributed by atoms with Crippen LogP contribution >= 0.6 is 11.6 Å². The fourth-order valence-corrected chi connectivity index (χ4v) is 9.25. The molecule has 2 amide bonds. The number of carbonyl (C=O) groups is 3. The summed E-state index contributed by atoms with van der Waals surface area (Å²) in [6.07, 6.45) is 7.79. The van der Waals surface area contributed by atoms with Crippen molar-refractivity contribution < 1.29 is 38.4 Å². The minimum absolute atomic E-state index is 0.00295. The highest BCUT2D eigenvalue weighted by Crippen LogP contribution is 2.45. The van der Waals surface area contributed by atoms with Gasteiger partial charge in [0.15, 0.2) is 5.65 Å². The van der Waals surface area contributed by atoms with Gasteiger partial charge in [-0.1, -0.05) is 54.1 Å². The van der Waals surface area contributed by atoms with E-state index >= 15 is 0 Å². The van der Waals surface area contributed by atoms with Gasteiger partial charge in [0.2, 0.25) is 11.8 Å². The van der Waals surface area contributed by atoms with Crippen LogP contribution in [0.2, 0.25) is 5.02 Å². The Bertz CT molecular complexity index is 2880. The van der Waals surface area contributed by atoms with E-state index in [-0.39, 0.29) is 49.5 Å². The third kappa shape index (κ3) is 10.3. The van der Waals surface area contributed by atoms with Crippen molar-refractivity contribution in [3.05, 3.63) is 120 Å². The van der Waals surface area contributed by atoms with Crippen molar-refractivity contribution in [1.29, 1.82) is 0 Å². The molecular weight excluding hydrogens is 888 g/mol. The van der Waals surface area contributed by atoms with E-state index in [2.05, 4.69) is 20.3 Å². The number of fused-ring (bicyclic) bond motifs is 2. The largest absolute Gasteiger partial charge is 0.478 e. The number of hydrogen-bond donors (Lipinski definition) is 4. The lowest BCUT2D eigenvalue weighted by Gasteiger charge is -2.42. The molecule has 1 atom stereocenters. The summed E-state index contributed by atoms with van der Waals surface area (Å²) in [5.41, 5.74) is 11.7. The van der Waals surface area contributed by atoms with E-state index in [1.54, 1.807) is 12.1 Å². The number of H-pyrrole nitrogens is 1. The number of hydrogen-bond acceptors (Lipinski definition) is 11. The van der Waals surface area contributed by atoms with Gasteiger partial charge in [-0.25, -0.2) is 19.4 Å². The van der Waals surface area contributed by atoms with Crippen LogP contribution in [0.25, 0.3) is 44.3 Å². The molecular formula is C51H53ClN8O8. The van der Waals surface area contributed by atoms with Crippen LogP contribution in [0.5, 0.6) is 11.5 Å². The maximum atomic E-state index is 13.3. The van der Waals surface area contributed by atoms with E-state index in [4.69, 9.17) is 41.4 Å². The molecule has 4 heterocycles. The lowest BCUT2D eigenvalue weighted by Crippen LogP contribution is -2.41. The minimum atomic E-state index is -1.00. The van der Waals surface area contributed by atoms with Crippen molar-refractivity contribution in [2.75, 3.05) is 58.4 Å². The lowest BCUT2D eigenvalue weighted by molar-refractivity contribution is -0.134. The second kappa shape index (κ2) is 21.0. The summed E-state index contributed by atoms with van der Waals surface area (Å²) in [5.74, 6) is 0.648. The Morgan fingerprint density at radius 3 is 2.34 bits per heavy atom.